The van der Waals surface area contributed by atoms with Gasteiger partial charge in [-0.15, -0.1) is 0 Å². The molecule has 0 radical (unpaired) electrons. The van der Waals surface area contributed by atoms with E-state index in [-0.39, 0.29) is 48.3 Å². The van der Waals surface area contributed by atoms with E-state index < -0.39 is 128 Å². The second-order valence-electron chi connectivity index (χ2n) is 22.2. The van der Waals surface area contributed by atoms with Crippen molar-refractivity contribution in [2.45, 2.75) is 224 Å². The van der Waals surface area contributed by atoms with Gasteiger partial charge in [-0.05, 0) is 107 Å². The number of carbonyl (C=O) groups is 6. The summed E-state index contributed by atoms with van der Waals surface area (Å²) in [6, 6.07) is 3.96. The number of anilines is 1. The van der Waals surface area contributed by atoms with Crippen LogP contribution in [0.2, 0.25) is 0 Å². The van der Waals surface area contributed by atoms with Crippen LogP contribution in [0.15, 0.2) is 42.5 Å². The van der Waals surface area contributed by atoms with Crippen molar-refractivity contribution in [3.8, 4) is 11.5 Å². The predicted molar refractivity (Wildman–Crippen MR) is 294 cm³/mol. The minimum atomic E-state index is -1.51. The van der Waals surface area contributed by atoms with Gasteiger partial charge in [0.05, 0.1) is 54.7 Å². The summed E-state index contributed by atoms with van der Waals surface area (Å²) in [5, 5.41) is 35.9. The van der Waals surface area contributed by atoms with Crippen LogP contribution in [0.25, 0.3) is 0 Å². The molecule has 4 heterocycles. The molecule has 81 heavy (non-hydrogen) atoms. The van der Waals surface area contributed by atoms with Crippen LogP contribution in [0.5, 0.6) is 11.5 Å². The monoisotopic (exact) mass is 1150 g/mol. The first kappa shape index (κ1) is 68.7. The molecule has 0 unspecified atom stereocenters. The molecule has 23 nitrogen and oxygen atoms in total. The fourth-order valence-corrected chi connectivity index (χ4v) is 10.6. The summed E-state index contributed by atoms with van der Waals surface area (Å²) in [7, 11) is 8.95. The van der Waals surface area contributed by atoms with E-state index >= 15 is 0 Å². The number of benzene rings is 1. The number of ether oxygens (including phenoxy) is 11. The quantitative estimate of drug-likeness (QED) is 0.0984. The second-order valence-corrected chi connectivity index (χ2v) is 22.2. The number of aliphatic hydroxyl groups is 3. The third-order valence-electron chi connectivity index (χ3n) is 14.6. The largest absolute Gasteiger partial charge is 0.462 e. The van der Waals surface area contributed by atoms with Crippen LogP contribution in [-0.4, -0.2) is 200 Å². The molecule has 0 aliphatic carbocycles. The van der Waals surface area contributed by atoms with Gasteiger partial charge >= 0.3 is 23.9 Å². The number of methoxy groups -OCH3 is 1. The van der Waals surface area contributed by atoms with Crippen LogP contribution in [-0.2, 0) is 71.4 Å². The molecule has 0 saturated carbocycles. The number of amides is 1. The van der Waals surface area contributed by atoms with E-state index in [0.717, 1.165) is 19.1 Å². The summed E-state index contributed by atoms with van der Waals surface area (Å²) in [4.78, 5) is 76.8. The number of nitrogens with one attached hydrogen (secondary N) is 1. The fraction of sp³-hybridized carbons (Fsp3) is 0.724. The van der Waals surface area contributed by atoms with Gasteiger partial charge in [0.2, 0.25) is 5.91 Å². The summed E-state index contributed by atoms with van der Waals surface area (Å²) in [5.41, 5.74) is -1.04. The van der Waals surface area contributed by atoms with E-state index in [1.165, 1.54) is 46.9 Å². The topological polar surface area (TPSA) is 283 Å². The van der Waals surface area contributed by atoms with Gasteiger partial charge in [-0.25, -0.2) is 0 Å². The highest BCUT2D eigenvalue weighted by molar-refractivity contribution is 5.91. The van der Waals surface area contributed by atoms with Gasteiger partial charge < -0.3 is 87.3 Å². The Labute approximate surface area is 477 Å². The van der Waals surface area contributed by atoms with Crippen LogP contribution in [0, 0.1) is 11.8 Å². The molecule has 23 heteroatoms. The molecule has 3 fully saturated rings. The van der Waals surface area contributed by atoms with E-state index in [1.54, 1.807) is 45.8 Å². The number of aldehydes is 1. The average molecular weight is 1150 g/mol. The Morgan fingerprint density at radius 3 is 2.05 bits per heavy atom. The van der Waals surface area contributed by atoms with Gasteiger partial charge in [0.1, 0.15) is 30.7 Å². The van der Waals surface area contributed by atoms with E-state index in [0.29, 0.717) is 24.9 Å². The van der Waals surface area contributed by atoms with Crippen molar-refractivity contribution in [3.05, 3.63) is 42.5 Å². The van der Waals surface area contributed by atoms with Crippen molar-refractivity contribution in [2.75, 3.05) is 40.6 Å². The van der Waals surface area contributed by atoms with E-state index in [9.17, 15) is 44.1 Å². The maximum atomic E-state index is 13.4. The first-order valence-corrected chi connectivity index (χ1v) is 27.9. The van der Waals surface area contributed by atoms with Gasteiger partial charge in [-0.3, -0.25) is 24.0 Å². The lowest BCUT2D eigenvalue weighted by atomic mass is 9.84. The summed E-state index contributed by atoms with van der Waals surface area (Å²) in [5.74, 6) is -3.61. The molecule has 1 amide bonds. The number of likely N-dealkylation sites (N-methyl/N-ethyl adjacent to an activating group) is 2. The minimum absolute atomic E-state index is 0.0470. The first-order valence-electron chi connectivity index (χ1n) is 27.9. The lowest BCUT2D eigenvalue weighted by Gasteiger charge is -2.50. The molecule has 4 aliphatic heterocycles. The van der Waals surface area contributed by atoms with Crippen molar-refractivity contribution in [3.63, 3.8) is 0 Å². The highest BCUT2D eigenvalue weighted by atomic mass is 16.7. The Kier molecular flexibility index (Phi) is 27.4. The summed E-state index contributed by atoms with van der Waals surface area (Å²) in [6.45, 7) is 16.3. The van der Waals surface area contributed by atoms with E-state index in [2.05, 4.69) is 10.2 Å². The lowest BCUT2D eigenvalue weighted by molar-refractivity contribution is -0.344. The number of aliphatic hydroxyl groups excluding tert-OH is 2. The number of cyclic esters (lactones) is 1. The molecular weight excluding hydrogens is 1060 g/mol. The van der Waals surface area contributed by atoms with Gasteiger partial charge in [-0.2, -0.15) is 0 Å². The Morgan fingerprint density at radius 2 is 1.47 bits per heavy atom. The van der Waals surface area contributed by atoms with Crippen molar-refractivity contribution < 1.29 is 96.2 Å². The zero-order valence-electron chi connectivity index (χ0n) is 49.8. The number of allylic oxidation sites excluding steroid dienone is 2. The number of rotatable bonds is 16. The summed E-state index contributed by atoms with van der Waals surface area (Å²) < 4.78 is 66.0. The minimum Gasteiger partial charge on any atom is -0.462 e. The zero-order chi connectivity index (χ0) is 60.5. The van der Waals surface area contributed by atoms with Gasteiger partial charge in [-0.1, -0.05) is 38.2 Å². The Bertz CT molecular complexity index is 2260. The van der Waals surface area contributed by atoms with Crippen LogP contribution < -0.4 is 14.8 Å². The fourth-order valence-electron chi connectivity index (χ4n) is 10.6. The third-order valence-corrected chi connectivity index (χ3v) is 14.6. The number of hydrogen-bond donors (Lipinski definition) is 4. The predicted octanol–water partition coefficient (Wildman–Crippen LogP) is 4.78. The zero-order valence-corrected chi connectivity index (χ0v) is 49.8. The van der Waals surface area contributed by atoms with Gasteiger partial charge in [0.15, 0.2) is 36.5 Å². The van der Waals surface area contributed by atoms with E-state index in [4.69, 9.17) is 52.1 Å². The van der Waals surface area contributed by atoms with Crippen LogP contribution in [0.1, 0.15) is 121 Å². The maximum Gasteiger partial charge on any atom is 0.308 e. The van der Waals surface area contributed by atoms with Crippen LogP contribution >= 0.6 is 0 Å². The number of nitrogens with zero attached hydrogens (tertiary/aromatic N) is 2. The van der Waals surface area contributed by atoms with Gasteiger partial charge in [0, 0.05) is 70.9 Å². The van der Waals surface area contributed by atoms with Crippen molar-refractivity contribution in [2.24, 2.45) is 11.8 Å². The number of hydrogen-bond acceptors (Lipinski definition) is 22. The summed E-state index contributed by atoms with van der Waals surface area (Å²) >= 11 is 0. The Morgan fingerprint density at radius 1 is 0.802 bits per heavy atom. The first-order chi connectivity index (χ1) is 38.1. The maximum absolute atomic E-state index is 13.4. The molecular formula is C58H91N3O20. The van der Waals surface area contributed by atoms with Crippen molar-refractivity contribution in [1.82, 2.24) is 9.80 Å². The van der Waals surface area contributed by atoms with Crippen molar-refractivity contribution in [1.29, 1.82) is 0 Å². The Hall–Kier alpha value is -4.76. The van der Waals surface area contributed by atoms with Crippen LogP contribution in [0.4, 0.5) is 5.69 Å². The number of carbonyl (C=O) groups excluding carboxylic acids is 6. The molecule has 0 aromatic heterocycles. The smallest absolute Gasteiger partial charge is 0.308 e. The van der Waals surface area contributed by atoms with Crippen LogP contribution in [0.3, 0.4) is 0 Å². The third kappa shape index (κ3) is 20.8. The molecule has 1 aromatic carbocycles. The highest BCUT2D eigenvalue weighted by Gasteiger charge is 2.53. The number of esters is 4. The van der Waals surface area contributed by atoms with Gasteiger partial charge in [0.25, 0.3) is 0 Å². The van der Waals surface area contributed by atoms with Crippen molar-refractivity contribution >= 4 is 41.8 Å². The summed E-state index contributed by atoms with van der Waals surface area (Å²) in [6.07, 6.45) is -1.54. The molecule has 4 N–H and O–H groups in total. The molecule has 19 atom stereocenters. The Balaban J connectivity index is 0.000000593. The molecule has 5 rings (SSSR count). The molecule has 3 saturated heterocycles. The average Bonchev–Trinajstić information content (AvgIpc) is 3.35. The molecule has 0 bridgehead atoms. The SMILES string of the molecule is CCCC(=O)Nc1ccc(OC(C)=O)c(OC(C)=O)c1.CO[C@@H]1[C@@H](O[C@@H]2O[C@H](C)[C@@H](O[C@@H]3C[C@@](C)(O)[C@@H](O)[C@H](C)O3)[C@H](N(C)C)[C@H]2OC(C)=O)[C@@H](C=O)C[C@@H](C)[C@@H](O[C@@H]2CC[C@H](N(C)C)[C@@H](C)O2)/C=C/C=C/C[C@@H](C)OC(=O)C[C@H]1O. The highest BCUT2D eigenvalue weighted by Crippen LogP contribution is 2.38. The lowest BCUT2D eigenvalue weighted by Crippen LogP contribution is -2.66. The normalized spacial score (nSPS) is 36.0. The molecule has 1 aromatic rings. The molecule has 4 aliphatic rings. The standard InChI is InChI=1S/C44H74N2O15.C14H17NO5/c1-24-20-30(23-47)39(61-43-41(58-29(6)48)37(46(10)11)38(27(4)57-43)60-36-22-44(7,52)42(51)28(5)56-36)40(53-12)32(49)21-34(50)54-25(2)16-14-13-15-17-33(24)59-35-19-18-31(45(8)9)26(3)55-35;1-4-5-14(18)15-11-6-7-12(19-9(2)16)13(8-11)20-10(3)17/h13-15,17,23-28,30-33,35-43,49,51-52H,16,18-22H2,1-12H3;6-8H,4-5H2,1-3H3,(H,15,18)/b14-13+,17-15+;/t24-,25-,26-,27-,28+,30-,31+,32-,33+,35-,36-,37+,38-,39+,40+,41-,42+,43+,44-;/m1./s1. The molecule has 458 valence electrons. The second kappa shape index (κ2) is 32.3. The molecule has 0 spiro atoms. The van der Waals surface area contributed by atoms with E-state index in [1.807, 2.05) is 59.2 Å².